The van der Waals surface area contributed by atoms with Crippen LogP contribution in [0.2, 0.25) is 0 Å². The summed E-state index contributed by atoms with van der Waals surface area (Å²) in [5, 5.41) is 9.74. The molecule has 8 heteroatoms. The van der Waals surface area contributed by atoms with Crippen LogP contribution in [0.25, 0.3) is 22.1 Å². The molecule has 0 aliphatic heterocycles. The van der Waals surface area contributed by atoms with Gasteiger partial charge in [0.15, 0.2) is 11.5 Å². The summed E-state index contributed by atoms with van der Waals surface area (Å²) in [7, 11) is -2.88. The molecule has 0 amide bonds. The standard InChI is InChI=1S/C13H10N2O5S/c1-20-13-6-11-10(5-12(13)16)15-9-4-7(21(17,18)19)2-3-8(9)14-11/h2-6,16H,1H3,(H,17,18,19). The number of methoxy groups -OCH3 is 1. The molecule has 3 aromatic rings. The van der Waals surface area contributed by atoms with Crippen molar-refractivity contribution in [2.75, 3.05) is 7.11 Å². The second-order valence-corrected chi connectivity index (χ2v) is 5.78. The van der Waals surface area contributed by atoms with E-state index in [1.165, 1.54) is 37.4 Å². The summed E-state index contributed by atoms with van der Waals surface area (Å²) in [6.45, 7) is 0. The number of ether oxygens (including phenoxy) is 1. The van der Waals surface area contributed by atoms with Gasteiger partial charge in [0, 0.05) is 12.1 Å². The lowest BCUT2D eigenvalue weighted by atomic mass is 10.2. The third-order valence-corrected chi connectivity index (χ3v) is 3.85. The predicted molar refractivity (Wildman–Crippen MR) is 75.1 cm³/mol. The molecule has 21 heavy (non-hydrogen) atoms. The van der Waals surface area contributed by atoms with Crippen LogP contribution in [0, 0.1) is 0 Å². The van der Waals surface area contributed by atoms with Gasteiger partial charge in [0.05, 0.1) is 34.1 Å². The van der Waals surface area contributed by atoms with Gasteiger partial charge in [-0.25, -0.2) is 9.97 Å². The number of aromatic nitrogens is 2. The average molecular weight is 306 g/mol. The Morgan fingerprint density at radius 1 is 1.00 bits per heavy atom. The van der Waals surface area contributed by atoms with Crippen molar-refractivity contribution in [2.24, 2.45) is 0 Å². The molecule has 0 saturated carbocycles. The Kier molecular flexibility index (Phi) is 2.92. The lowest BCUT2D eigenvalue weighted by Gasteiger charge is -2.06. The predicted octanol–water partition coefficient (Wildman–Crippen LogP) is 1.74. The van der Waals surface area contributed by atoms with Crippen LogP contribution in [0.15, 0.2) is 35.2 Å². The van der Waals surface area contributed by atoms with Gasteiger partial charge in [-0.2, -0.15) is 8.42 Å². The van der Waals surface area contributed by atoms with E-state index in [1.807, 2.05) is 0 Å². The van der Waals surface area contributed by atoms with Crippen LogP contribution in [-0.4, -0.2) is 35.2 Å². The van der Waals surface area contributed by atoms with Crippen LogP contribution in [0.4, 0.5) is 0 Å². The van der Waals surface area contributed by atoms with Crippen LogP contribution in [0.5, 0.6) is 11.5 Å². The minimum absolute atomic E-state index is 0.0930. The smallest absolute Gasteiger partial charge is 0.294 e. The molecule has 0 saturated heterocycles. The van der Waals surface area contributed by atoms with Crippen molar-refractivity contribution >= 4 is 32.2 Å². The van der Waals surface area contributed by atoms with E-state index >= 15 is 0 Å². The number of aromatic hydroxyl groups is 1. The molecule has 0 unspecified atom stereocenters. The van der Waals surface area contributed by atoms with E-state index in [0.29, 0.717) is 22.1 Å². The van der Waals surface area contributed by atoms with E-state index in [2.05, 4.69) is 9.97 Å². The maximum Gasteiger partial charge on any atom is 0.294 e. The van der Waals surface area contributed by atoms with Crippen molar-refractivity contribution in [1.82, 2.24) is 9.97 Å². The first-order valence-electron chi connectivity index (χ1n) is 5.84. The van der Waals surface area contributed by atoms with Crippen molar-refractivity contribution in [3.8, 4) is 11.5 Å². The molecule has 7 nitrogen and oxygen atoms in total. The maximum atomic E-state index is 11.1. The molecule has 1 heterocycles. The fraction of sp³-hybridized carbons (Fsp3) is 0.0769. The molecular weight excluding hydrogens is 296 g/mol. The second kappa shape index (κ2) is 4.54. The Morgan fingerprint density at radius 3 is 2.29 bits per heavy atom. The SMILES string of the molecule is COc1cc2nc3ccc(S(=O)(=O)O)cc3nc2cc1O. The minimum Gasteiger partial charge on any atom is -0.504 e. The van der Waals surface area contributed by atoms with Crippen LogP contribution < -0.4 is 4.74 Å². The Labute approximate surface area is 119 Å². The largest absolute Gasteiger partial charge is 0.504 e. The normalized spacial score (nSPS) is 11.9. The summed E-state index contributed by atoms with van der Waals surface area (Å²) in [4.78, 5) is 8.29. The zero-order valence-electron chi connectivity index (χ0n) is 10.8. The Bertz CT molecular complexity index is 969. The molecule has 0 fully saturated rings. The van der Waals surface area contributed by atoms with Gasteiger partial charge in [-0.05, 0) is 18.2 Å². The number of benzene rings is 2. The first kappa shape index (κ1) is 13.5. The highest BCUT2D eigenvalue weighted by Gasteiger charge is 2.12. The van der Waals surface area contributed by atoms with E-state index in [1.54, 1.807) is 0 Å². The molecule has 0 radical (unpaired) electrons. The summed E-state index contributed by atoms with van der Waals surface area (Å²) >= 11 is 0. The lowest BCUT2D eigenvalue weighted by Crippen LogP contribution is -1.98. The third kappa shape index (κ3) is 2.34. The van der Waals surface area contributed by atoms with Crippen LogP contribution in [-0.2, 0) is 10.1 Å². The molecule has 0 atom stereocenters. The molecule has 108 valence electrons. The minimum atomic E-state index is -4.30. The van der Waals surface area contributed by atoms with Crippen molar-refractivity contribution in [3.63, 3.8) is 0 Å². The molecule has 0 aliphatic carbocycles. The number of rotatable bonds is 2. The monoisotopic (exact) mass is 306 g/mol. The first-order chi connectivity index (χ1) is 9.88. The summed E-state index contributed by atoms with van der Waals surface area (Å²) in [6, 6.07) is 6.83. The van der Waals surface area contributed by atoms with Crippen LogP contribution in [0.1, 0.15) is 0 Å². The van der Waals surface area contributed by atoms with Crippen molar-refractivity contribution < 1.29 is 22.8 Å². The highest BCUT2D eigenvalue weighted by atomic mass is 32.2. The fourth-order valence-corrected chi connectivity index (χ4v) is 2.50. The van der Waals surface area contributed by atoms with Crippen molar-refractivity contribution in [1.29, 1.82) is 0 Å². The van der Waals surface area contributed by atoms with E-state index in [9.17, 15) is 13.5 Å². The highest BCUT2D eigenvalue weighted by molar-refractivity contribution is 7.85. The Balaban J connectivity index is 2.32. The van der Waals surface area contributed by atoms with E-state index in [-0.39, 0.29) is 16.4 Å². The zero-order chi connectivity index (χ0) is 15.2. The van der Waals surface area contributed by atoms with E-state index in [4.69, 9.17) is 9.29 Å². The van der Waals surface area contributed by atoms with Gasteiger partial charge in [-0.15, -0.1) is 0 Å². The maximum absolute atomic E-state index is 11.1. The quantitative estimate of drug-likeness (QED) is 0.548. The van der Waals surface area contributed by atoms with Gasteiger partial charge in [0.1, 0.15) is 0 Å². The number of phenolic OH excluding ortho intramolecular Hbond substituents is 1. The molecule has 3 rings (SSSR count). The molecule has 2 N–H and O–H groups in total. The summed E-state index contributed by atoms with van der Waals surface area (Å²) in [6.07, 6.45) is 0. The van der Waals surface area contributed by atoms with Gasteiger partial charge in [-0.3, -0.25) is 4.55 Å². The second-order valence-electron chi connectivity index (χ2n) is 4.36. The Morgan fingerprint density at radius 2 is 1.62 bits per heavy atom. The first-order valence-corrected chi connectivity index (χ1v) is 7.28. The number of hydrogen-bond acceptors (Lipinski definition) is 6. The van der Waals surface area contributed by atoms with Gasteiger partial charge in [0.25, 0.3) is 10.1 Å². The van der Waals surface area contributed by atoms with E-state index < -0.39 is 10.1 Å². The molecule has 0 aliphatic rings. The summed E-state index contributed by atoms with van der Waals surface area (Å²) in [5.41, 5.74) is 1.63. The van der Waals surface area contributed by atoms with Crippen LogP contribution >= 0.6 is 0 Å². The lowest BCUT2D eigenvalue weighted by molar-refractivity contribution is 0.374. The molecule has 0 bridgehead atoms. The number of nitrogens with zero attached hydrogens (tertiary/aromatic N) is 2. The average Bonchev–Trinajstić information content (AvgIpc) is 2.43. The van der Waals surface area contributed by atoms with Gasteiger partial charge in [-0.1, -0.05) is 0 Å². The van der Waals surface area contributed by atoms with Gasteiger partial charge >= 0.3 is 0 Å². The third-order valence-electron chi connectivity index (χ3n) is 3.00. The zero-order valence-corrected chi connectivity index (χ0v) is 11.6. The van der Waals surface area contributed by atoms with Crippen LogP contribution in [0.3, 0.4) is 0 Å². The fourth-order valence-electron chi connectivity index (χ4n) is 2.00. The van der Waals surface area contributed by atoms with Gasteiger partial charge in [0.2, 0.25) is 0 Å². The molecular formula is C13H10N2O5S. The number of fused-ring (bicyclic) bond motifs is 2. The molecule has 1 aromatic heterocycles. The number of hydrogen-bond donors (Lipinski definition) is 2. The summed E-state index contributed by atoms with van der Waals surface area (Å²) in [5.74, 6) is 0.176. The molecule has 0 spiro atoms. The summed E-state index contributed by atoms with van der Waals surface area (Å²) < 4.78 is 36.3. The Hall–Kier alpha value is -2.45. The molecule has 2 aromatic carbocycles. The number of phenols is 1. The highest BCUT2D eigenvalue weighted by Crippen LogP contribution is 2.30. The van der Waals surface area contributed by atoms with E-state index in [0.717, 1.165) is 0 Å². The topological polar surface area (TPSA) is 110 Å². The van der Waals surface area contributed by atoms with Crippen molar-refractivity contribution in [2.45, 2.75) is 4.90 Å². The van der Waals surface area contributed by atoms with Gasteiger partial charge < -0.3 is 9.84 Å². The van der Waals surface area contributed by atoms with Crippen molar-refractivity contribution in [3.05, 3.63) is 30.3 Å².